The number of benzene rings is 2. The van der Waals surface area contributed by atoms with Crippen molar-refractivity contribution in [3.05, 3.63) is 58.1 Å². The van der Waals surface area contributed by atoms with Gasteiger partial charge in [-0.3, -0.25) is 9.59 Å². The van der Waals surface area contributed by atoms with Gasteiger partial charge in [-0.2, -0.15) is 0 Å². The van der Waals surface area contributed by atoms with Gasteiger partial charge in [-0.25, -0.2) is 0 Å². The van der Waals surface area contributed by atoms with Crippen LogP contribution in [0.25, 0.3) is 0 Å². The summed E-state index contributed by atoms with van der Waals surface area (Å²) in [5.41, 5.74) is 2.26. The summed E-state index contributed by atoms with van der Waals surface area (Å²) in [5, 5.41) is 5.47. The minimum absolute atomic E-state index is 0.0352. The smallest absolute Gasteiger partial charge is 0.262 e. The molecule has 2 aromatic carbocycles. The molecule has 144 valence electrons. The molecule has 2 N–H and O–H groups in total. The van der Waals surface area contributed by atoms with Crippen molar-refractivity contribution in [2.24, 2.45) is 0 Å². The number of carbonyl (C=O) groups is 2. The van der Waals surface area contributed by atoms with E-state index < -0.39 is 0 Å². The molecule has 0 radical (unpaired) electrons. The van der Waals surface area contributed by atoms with Crippen molar-refractivity contribution in [3.8, 4) is 5.75 Å². The van der Waals surface area contributed by atoms with E-state index in [0.29, 0.717) is 23.5 Å². The SMILES string of the molecule is CCNC(=O)c1cccc(NC(=O)COc2ccc(C(C)(C)C)cc2Br)c1. The normalized spacial score (nSPS) is 11.0. The molecule has 0 fully saturated rings. The number of amides is 2. The quantitative estimate of drug-likeness (QED) is 0.704. The lowest BCUT2D eigenvalue weighted by Crippen LogP contribution is -2.23. The van der Waals surface area contributed by atoms with Crippen LogP contribution in [0.4, 0.5) is 5.69 Å². The lowest BCUT2D eigenvalue weighted by atomic mass is 9.87. The molecule has 0 unspecified atom stereocenters. The fourth-order valence-electron chi connectivity index (χ4n) is 2.43. The van der Waals surface area contributed by atoms with E-state index >= 15 is 0 Å². The van der Waals surface area contributed by atoms with E-state index in [9.17, 15) is 9.59 Å². The topological polar surface area (TPSA) is 67.4 Å². The van der Waals surface area contributed by atoms with Gasteiger partial charge in [0.05, 0.1) is 4.47 Å². The van der Waals surface area contributed by atoms with Gasteiger partial charge in [0.15, 0.2) is 6.61 Å². The number of halogens is 1. The number of ether oxygens (including phenoxy) is 1. The Bertz CT molecular complexity index is 828. The molecule has 0 spiro atoms. The Morgan fingerprint density at radius 2 is 1.85 bits per heavy atom. The van der Waals surface area contributed by atoms with Crippen molar-refractivity contribution in [2.45, 2.75) is 33.1 Å². The molecular weight excluding hydrogens is 408 g/mol. The minimum Gasteiger partial charge on any atom is -0.483 e. The van der Waals surface area contributed by atoms with Gasteiger partial charge >= 0.3 is 0 Å². The fraction of sp³-hybridized carbons (Fsp3) is 0.333. The zero-order valence-electron chi connectivity index (χ0n) is 16.1. The molecule has 5 nitrogen and oxygen atoms in total. The molecule has 2 amide bonds. The van der Waals surface area contributed by atoms with Crippen LogP contribution in [0.2, 0.25) is 0 Å². The second-order valence-electron chi connectivity index (χ2n) is 7.17. The van der Waals surface area contributed by atoms with E-state index in [4.69, 9.17) is 4.74 Å². The summed E-state index contributed by atoms with van der Waals surface area (Å²) >= 11 is 3.50. The lowest BCUT2D eigenvalue weighted by molar-refractivity contribution is -0.118. The monoisotopic (exact) mass is 432 g/mol. The second kappa shape index (κ2) is 9.04. The first-order valence-corrected chi connectivity index (χ1v) is 9.61. The maximum Gasteiger partial charge on any atom is 0.262 e. The molecule has 0 saturated carbocycles. The molecule has 27 heavy (non-hydrogen) atoms. The molecular formula is C21H25BrN2O3. The average molecular weight is 433 g/mol. The van der Waals surface area contributed by atoms with Gasteiger partial charge in [-0.05, 0) is 64.2 Å². The van der Waals surface area contributed by atoms with Crippen LogP contribution in [0.15, 0.2) is 46.9 Å². The van der Waals surface area contributed by atoms with Gasteiger partial charge in [0, 0.05) is 17.8 Å². The first-order chi connectivity index (χ1) is 12.7. The van der Waals surface area contributed by atoms with Gasteiger partial charge in [0.1, 0.15) is 5.75 Å². The third-order valence-electron chi connectivity index (χ3n) is 3.90. The van der Waals surface area contributed by atoms with Gasteiger partial charge in [-0.15, -0.1) is 0 Å². The Morgan fingerprint density at radius 3 is 2.48 bits per heavy atom. The van der Waals surface area contributed by atoms with Crippen LogP contribution in [0, 0.1) is 0 Å². The van der Waals surface area contributed by atoms with Gasteiger partial charge in [0.25, 0.3) is 11.8 Å². The highest BCUT2D eigenvalue weighted by molar-refractivity contribution is 9.10. The van der Waals surface area contributed by atoms with Crippen LogP contribution in [-0.4, -0.2) is 25.0 Å². The number of anilines is 1. The molecule has 2 rings (SSSR count). The van der Waals surface area contributed by atoms with Gasteiger partial charge in [-0.1, -0.05) is 32.9 Å². The Balaban J connectivity index is 1.97. The standard InChI is InChI=1S/C21H25BrN2O3/c1-5-23-20(26)14-7-6-8-16(11-14)24-19(25)13-27-18-10-9-15(12-17(18)22)21(2,3)4/h6-12H,5,13H2,1-4H3,(H,23,26)(H,24,25). The van der Waals surface area contributed by atoms with Gasteiger partial charge < -0.3 is 15.4 Å². The Hall–Kier alpha value is -2.34. The molecule has 0 aliphatic heterocycles. The molecule has 0 atom stereocenters. The molecule has 0 bridgehead atoms. The number of hydrogen-bond acceptors (Lipinski definition) is 3. The number of nitrogens with one attached hydrogen (secondary N) is 2. The molecule has 0 heterocycles. The van der Waals surface area contributed by atoms with Crippen molar-refractivity contribution >= 4 is 33.4 Å². The van der Waals surface area contributed by atoms with Crippen LogP contribution in [0.3, 0.4) is 0 Å². The van der Waals surface area contributed by atoms with E-state index in [0.717, 1.165) is 4.47 Å². The molecule has 0 aromatic heterocycles. The highest BCUT2D eigenvalue weighted by Gasteiger charge is 2.16. The van der Waals surface area contributed by atoms with Crippen LogP contribution in [0.5, 0.6) is 5.75 Å². The summed E-state index contributed by atoms with van der Waals surface area (Å²) in [6.45, 7) is 8.69. The van der Waals surface area contributed by atoms with Crippen molar-refractivity contribution in [1.82, 2.24) is 5.32 Å². The fourth-order valence-corrected chi connectivity index (χ4v) is 2.92. The Morgan fingerprint density at radius 1 is 1.11 bits per heavy atom. The predicted molar refractivity (Wildman–Crippen MR) is 111 cm³/mol. The summed E-state index contributed by atoms with van der Waals surface area (Å²) in [7, 11) is 0. The zero-order chi connectivity index (χ0) is 20.0. The highest BCUT2D eigenvalue weighted by Crippen LogP contribution is 2.31. The van der Waals surface area contributed by atoms with Gasteiger partial charge in [0.2, 0.25) is 0 Å². The summed E-state index contributed by atoms with van der Waals surface area (Å²) in [4.78, 5) is 24.1. The minimum atomic E-state index is -0.296. The molecule has 0 saturated heterocycles. The van der Waals surface area contributed by atoms with E-state index in [2.05, 4.69) is 47.3 Å². The van der Waals surface area contributed by atoms with E-state index in [1.165, 1.54) is 5.56 Å². The Kier molecular flexibility index (Phi) is 7.02. The zero-order valence-corrected chi connectivity index (χ0v) is 17.6. The van der Waals surface area contributed by atoms with Crippen molar-refractivity contribution in [3.63, 3.8) is 0 Å². The lowest BCUT2D eigenvalue weighted by Gasteiger charge is -2.20. The maximum atomic E-state index is 12.2. The molecule has 0 aliphatic rings. The highest BCUT2D eigenvalue weighted by atomic mass is 79.9. The summed E-state index contributed by atoms with van der Waals surface area (Å²) < 4.78 is 6.42. The van der Waals surface area contributed by atoms with Crippen LogP contribution >= 0.6 is 15.9 Å². The average Bonchev–Trinajstić information content (AvgIpc) is 2.60. The van der Waals surface area contributed by atoms with Crippen LogP contribution < -0.4 is 15.4 Å². The number of rotatable bonds is 6. The van der Waals surface area contributed by atoms with Crippen LogP contribution in [0.1, 0.15) is 43.6 Å². The van der Waals surface area contributed by atoms with Crippen molar-refractivity contribution in [2.75, 3.05) is 18.5 Å². The third kappa shape index (κ3) is 6.10. The third-order valence-corrected chi connectivity index (χ3v) is 4.52. The first-order valence-electron chi connectivity index (χ1n) is 8.81. The predicted octanol–water partition coefficient (Wildman–Crippen LogP) is 4.51. The molecule has 0 aliphatic carbocycles. The van der Waals surface area contributed by atoms with Crippen LogP contribution in [-0.2, 0) is 10.2 Å². The largest absolute Gasteiger partial charge is 0.483 e. The summed E-state index contributed by atoms with van der Waals surface area (Å²) in [6.07, 6.45) is 0. The van der Waals surface area contributed by atoms with E-state index in [-0.39, 0.29) is 23.8 Å². The van der Waals surface area contributed by atoms with Crippen molar-refractivity contribution in [1.29, 1.82) is 0 Å². The van der Waals surface area contributed by atoms with E-state index in [1.54, 1.807) is 24.3 Å². The molecule has 6 heteroatoms. The maximum absolute atomic E-state index is 12.2. The second-order valence-corrected chi connectivity index (χ2v) is 8.03. The number of carbonyl (C=O) groups excluding carboxylic acids is 2. The summed E-state index contributed by atoms with van der Waals surface area (Å²) in [5.74, 6) is 0.136. The number of hydrogen-bond donors (Lipinski definition) is 2. The van der Waals surface area contributed by atoms with Crippen molar-refractivity contribution < 1.29 is 14.3 Å². The van der Waals surface area contributed by atoms with E-state index in [1.807, 2.05) is 25.1 Å². The summed E-state index contributed by atoms with van der Waals surface area (Å²) in [6, 6.07) is 12.6. The first kappa shape index (κ1) is 21.0. The Labute approximate surface area is 168 Å². The molecule has 2 aromatic rings.